The molecule has 0 aliphatic rings. The van der Waals surface area contributed by atoms with E-state index in [1.807, 2.05) is 24.3 Å². The van der Waals surface area contributed by atoms with Crippen molar-refractivity contribution in [3.8, 4) is 0 Å². The molecule has 1 aromatic carbocycles. The molecule has 0 saturated heterocycles. The zero-order chi connectivity index (χ0) is 11.4. The van der Waals surface area contributed by atoms with Crippen LogP contribution in [0.3, 0.4) is 0 Å². The van der Waals surface area contributed by atoms with Crippen LogP contribution in [0.4, 0.5) is 4.39 Å². The average molecular weight is 234 g/mol. The summed E-state index contributed by atoms with van der Waals surface area (Å²) in [5.41, 5.74) is 6.23. The minimum atomic E-state index is -0.251. The monoisotopic (exact) mass is 234 g/mol. The molecular formula is C12H11FN2S. The predicted molar refractivity (Wildman–Crippen MR) is 62.7 cm³/mol. The Balaban J connectivity index is 2.22. The molecule has 0 saturated carbocycles. The molecule has 4 heteroatoms. The van der Waals surface area contributed by atoms with Crippen molar-refractivity contribution < 1.29 is 4.39 Å². The van der Waals surface area contributed by atoms with E-state index in [2.05, 4.69) is 4.98 Å². The number of hydrogen-bond donors (Lipinski definition) is 1. The fourth-order valence-corrected chi connectivity index (χ4v) is 2.05. The van der Waals surface area contributed by atoms with Gasteiger partial charge in [-0.15, -0.1) is 0 Å². The third-order valence-corrected chi connectivity index (χ3v) is 3.09. The quantitative estimate of drug-likeness (QED) is 0.887. The highest BCUT2D eigenvalue weighted by atomic mass is 32.2. The molecule has 2 nitrogen and oxygen atoms in total. The van der Waals surface area contributed by atoms with E-state index in [4.69, 9.17) is 5.73 Å². The summed E-state index contributed by atoms with van der Waals surface area (Å²) in [6.45, 7) is 0.353. The molecule has 0 amide bonds. The van der Waals surface area contributed by atoms with Gasteiger partial charge < -0.3 is 5.73 Å². The van der Waals surface area contributed by atoms with E-state index in [1.54, 1.807) is 12.3 Å². The Hall–Kier alpha value is -1.39. The van der Waals surface area contributed by atoms with Crippen molar-refractivity contribution in [2.24, 2.45) is 5.73 Å². The first kappa shape index (κ1) is 11.1. The standard InChI is InChI=1S/C12H11FN2S/c13-10-7-9(8-14)4-5-11(10)16-12-3-1-2-6-15-12/h1-7H,8,14H2. The molecule has 0 radical (unpaired) electrons. The summed E-state index contributed by atoms with van der Waals surface area (Å²) >= 11 is 1.31. The largest absolute Gasteiger partial charge is 0.326 e. The fraction of sp³-hybridized carbons (Fsp3) is 0.0833. The van der Waals surface area contributed by atoms with Crippen molar-refractivity contribution in [1.82, 2.24) is 4.98 Å². The first-order valence-electron chi connectivity index (χ1n) is 4.87. The SMILES string of the molecule is NCc1ccc(Sc2ccccn2)c(F)c1. The van der Waals surface area contributed by atoms with Gasteiger partial charge in [0, 0.05) is 17.6 Å². The van der Waals surface area contributed by atoms with Crippen LogP contribution in [0, 0.1) is 5.82 Å². The molecule has 0 aliphatic carbocycles. The predicted octanol–water partition coefficient (Wildman–Crippen LogP) is 2.83. The lowest BCUT2D eigenvalue weighted by molar-refractivity contribution is 0.599. The van der Waals surface area contributed by atoms with Crippen LogP contribution < -0.4 is 5.73 Å². The van der Waals surface area contributed by atoms with Gasteiger partial charge in [0.15, 0.2) is 0 Å². The van der Waals surface area contributed by atoms with Crippen LogP contribution in [0.25, 0.3) is 0 Å². The lowest BCUT2D eigenvalue weighted by atomic mass is 10.2. The number of nitrogens with zero attached hydrogens (tertiary/aromatic N) is 1. The van der Waals surface area contributed by atoms with Crippen molar-refractivity contribution in [2.75, 3.05) is 0 Å². The van der Waals surface area contributed by atoms with Crippen LogP contribution in [-0.2, 0) is 6.54 Å². The van der Waals surface area contributed by atoms with Gasteiger partial charge in [-0.1, -0.05) is 23.9 Å². The summed E-state index contributed by atoms with van der Waals surface area (Å²) < 4.78 is 13.6. The molecule has 0 atom stereocenters. The maximum Gasteiger partial charge on any atom is 0.137 e. The molecule has 0 spiro atoms. The molecule has 2 aromatic rings. The second-order valence-electron chi connectivity index (χ2n) is 3.24. The summed E-state index contributed by atoms with van der Waals surface area (Å²) in [7, 11) is 0. The van der Waals surface area contributed by atoms with Crippen molar-refractivity contribution in [1.29, 1.82) is 0 Å². The Labute approximate surface area is 97.7 Å². The van der Waals surface area contributed by atoms with Crippen molar-refractivity contribution >= 4 is 11.8 Å². The van der Waals surface area contributed by atoms with E-state index >= 15 is 0 Å². The van der Waals surface area contributed by atoms with Gasteiger partial charge in [-0.05, 0) is 29.8 Å². The van der Waals surface area contributed by atoms with Crippen LogP contribution >= 0.6 is 11.8 Å². The molecule has 82 valence electrons. The van der Waals surface area contributed by atoms with E-state index in [9.17, 15) is 4.39 Å². The summed E-state index contributed by atoms with van der Waals surface area (Å²) in [4.78, 5) is 4.69. The first-order valence-corrected chi connectivity index (χ1v) is 5.68. The third kappa shape index (κ3) is 2.59. The molecule has 0 bridgehead atoms. The zero-order valence-electron chi connectivity index (χ0n) is 8.56. The number of pyridine rings is 1. The summed E-state index contributed by atoms with van der Waals surface area (Å²) in [6, 6.07) is 10.6. The molecule has 2 N–H and O–H groups in total. The second kappa shape index (κ2) is 5.09. The second-order valence-corrected chi connectivity index (χ2v) is 4.30. The van der Waals surface area contributed by atoms with E-state index in [-0.39, 0.29) is 5.82 Å². The van der Waals surface area contributed by atoms with Crippen molar-refractivity contribution in [3.05, 3.63) is 54.0 Å². The van der Waals surface area contributed by atoms with Gasteiger partial charge in [0.2, 0.25) is 0 Å². The molecule has 2 rings (SSSR count). The summed E-state index contributed by atoms with van der Waals surface area (Å²) in [5.74, 6) is -0.251. The van der Waals surface area contributed by atoms with Gasteiger partial charge in [0.05, 0.1) is 0 Å². The maximum absolute atomic E-state index is 13.6. The van der Waals surface area contributed by atoms with Crippen LogP contribution in [-0.4, -0.2) is 4.98 Å². The van der Waals surface area contributed by atoms with Crippen LogP contribution in [0.2, 0.25) is 0 Å². The summed E-state index contributed by atoms with van der Waals surface area (Å²) in [6.07, 6.45) is 1.69. The van der Waals surface area contributed by atoms with Crippen molar-refractivity contribution in [3.63, 3.8) is 0 Å². The lowest BCUT2D eigenvalue weighted by Crippen LogP contribution is -1.97. The Kier molecular flexibility index (Phi) is 3.54. The molecule has 16 heavy (non-hydrogen) atoms. The molecule has 1 aromatic heterocycles. The highest BCUT2D eigenvalue weighted by Gasteiger charge is 2.05. The first-order chi connectivity index (χ1) is 7.79. The van der Waals surface area contributed by atoms with E-state index in [0.717, 1.165) is 10.6 Å². The van der Waals surface area contributed by atoms with Gasteiger partial charge in [0.1, 0.15) is 10.8 Å². The van der Waals surface area contributed by atoms with Gasteiger partial charge in [-0.3, -0.25) is 0 Å². The highest BCUT2D eigenvalue weighted by molar-refractivity contribution is 7.99. The molecular weight excluding hydrogens is 223 g/mol. The van der Waals surface area contributed by atoms with Gasteiger partial charge in [0.25, 0.3) is 0 Å². The van der Waals surface area contributed by atoms with Crippen LogP contribution in [0.1, 0.15) is 5.56 Å². The smallest absolute Gasteiger partial charge is 0.137 e. The topological polar surface area (TPSA) is 38.9 Å². The Bertz CT molecular complexity index is 474. The minimum absolute atomic E-state index is 0.251. The number of halogens is 1. The molecule has 0 aliphatic heterocycles. The Morgan fingerprint density at radius 1 is 1.25 bits per heavy atom. The van der Waals surface area contributed by atoms with Crippen LogP contribution in [0.15, 0.2) is 52.5 Å². The number of hydrogen-bond acceptors (Lipinski definition) is 3. The van der Waals surface area contributed by atoms with E-state index < -0.39 is 0 Å². The number of benzene rings is 1. The zero-order valence-corrected chi connectivity index (χ0v) is 9.38. The molecule has 0 fully saturated rings. The Morgan fingerprint density at radius 2 is 2.12 bits per heavy atom. The Morgan fingerprint density at radius 3 is 2.75 bits per heavy atom. The lowest BCUT2D eigenvalue weighted by Gasteiger charge is -2.03. The highest BCUT2D eigenvalue weighted by Crippen LogP contribution is 2.28. The van der Waals surface area contributed by atoms with Crippen molar-refractivity contribution in [2.45, 2.75) is 16.5 Å². The number of rotatable bonds is 3. The molecule has 1 heterocycles. The third-order valence-electron chi connectivity index (χ3n) is 2.08. The van der Waals surface area contributed by atoms with E-state index in [0.29, 0.717) is 11.4 Å². The normalized spacial score (nSPS) is 10.4. The average Bonchev–Trinajstić information content (AvgIpc) is 2.33. The van der Waals surface area contributed by atoms with Crippen LogP contribution in [0.5, 0.6) is 0 Å². The number of nitrogens with two attached hydrogens (primary N) is 1. The van der Waals surface area contributed by atoms with Gasteiger partial charge in [-0.25, -0.2) is 9.37 Å². The minimum Gasteiger partial charge on any atom is -0.326 e. The van der Waals surface area contributed by atoms with Gasteiger partial charge in [-0.2, -0.15) is 0 Å². The van der Waals surface area contributed by atoms with Gasteiger partial charge >= 0.3 is 0 Å². The number of aromatic nitrogens is 1. The fourth-order valence-electron chi connectivity index (χ4n) is 1.27. The van der Waals surface area contributed by atoms with E-state index in [1.165, 1.54) is 17.8 Å². The maximum atomic E-state index is 13.6. The molecule has 0 unspecified atom stereocenters. The summed E-state index contributed by atoms with van der Waals surface area (Å²) in [5, 5.41) is 0.780.